The second kappa shape index (κ2) is 8.53. The molecule has 0 unspecified atom stereocenters. The van der Waals surface area contributed by atoms with Crippen molar-refractivity contribution < 1.29 is 14.6 Å². The van der Waals surface area contributed by atoms with Crippen molar-refractivity contribution >= 4 is 34.3 Å². The lowest BCUT2D eigenvalue weighted by atomic mass is 10.1. The Labute approximate surface area is 171 Å². The van der Waals surface area contributed by atoms with Gasteiger partial charge in [0.1, 0.15) is 5.75 Å². The number of para-hydroxylation sites is 1. The van der Waals surface area contributed by atoms with E-state index in [1.807, 2.05) is 30.3 Å². The molecule has 4 rings (SSSR count). The maximum atomic E-state index is 12.9. The van der Waals surface area contributed by atoms with Crippen LogP contribution in [0.3, 0.4) is 0 Å². The summed E-state index contributed by atoms with van der Waals surface area (Å²) in [5, 5.41) is 11.0. The molecule has 0 radical (unpaired) electrons. The topological polar surface area (TPSA) is 73.6 Å². The number of benzene rings is 2. The number of hydrogen-bond acceptors (Lipinski definition) is 6. The average Bonchev–Trinajstić information content (AvgIpc) is 2.71. The monoisotopic (exact) mass is 418 g/mol. The number of aliphatic hydroxyl groups is 1. The third-order valence-corrected chi connectivity index (χ3v) is 5.72. The molecular formula is C20H19ClN2O4S. The van der Waals surface area contributed by atoms with E-state index in [9.17, 15) is 9.90 Å². The molecule has 2 aromatic carbocycles. The van der Waals surface area contributed by atoms with Gasteiger partial charge in [0.05, 0.1) is 17.5 Å². The molecule has 0 atom stereocenters. The maximum absolute atomic E-state index is 12.9. The van der Waals surface area contributed by atoms with Gasteiger partial charge >= 0.3 is 0 Å². The minimum absolute atomic E-state index is 0.0129. The van der Waals surface area contributed by atoms with Gasteiger partial charge in [0, 0.05) is 35.1 Å². The third-order valence-electron chi connectivity index (χ3n) is 4.47. The number of thioether (sulfide) groups is 1. The minimum Gasteiger partial charge on any atom is -0.467 e. The van der Waals surface area contributed by atoms with E-state index in [4.69, 9.17) is 21.1 Å². The van der Waals surface area contributed by atoms with E-state index in [1.54, 1.807) is 10.6 Å². The van der Waals surface area contributed by atoms with Crippen LogP contribution in [0, 0.1) is 0 Å². The summed E-state index contributed by atoms with van der Waals surface area (Å²) < 4.78 is 12.6. The molecule has 0 amide bonds. The molecular weight excluding hydrogens is 400 g/mol. The zero-order valence-corrected chi connectivity index (χ0v) is 16.6. The van der Waals surface area contributed by atoms with Gasteiger partial charge < -0.3 is 14.6 Å². The summed E-state index contributed by atoms with van der Waals surface area (Å²) >= 11 is 7.70. The number of aromatic nitrogens is 2. The molecule has 28 heavy (non-hydrogen) atoms. The van der Waals surface area contributed by atoms with Crippen molar-refractivity contribution in [3.63, 3.8) is 0 Å². The van der Waals surface area contributed by atoms with E-state index < -0.39 is 0 Å². The van der Waals surface area contributed by atoms with Crippen LogP contribution in [0.4, 0.5) is 0 Å². The molecule has 1 N–H and O–H groups in total. The van der Waals surface area contributed by atoms with Crippen molar-refractivity contribution in [1.29, 1.82) is 0 Å². The lowest BCUT2D eigenvalue weighted by Gasteiger charge is -2.21. The van der Waals surface area contributed by atoms with Crippen molar-refractivity contribution in [3.8, 4) is 5.75 Å². The molecule has 0 saturated carbocycles. The van der Waals surface area contributed by atoms with E-state index in [0.717, 1.165) is 16.9 Å². The van der Waals surface area contributed by atoms with Gasteiger partial charge in [0.2, 0.25) is 0 Å². The number of ether oxygens (including phenoxy) is 2. The van der Waals surface area contributed by atoms with Crippen molar-refractivity contribution in [3.05, 3.63) is 62.9 Å². The molecule has 1 aliphatic heterocycles. The minimum atomic E-state index is -0.0978. The predicted molar refractivity (Wildman–Crippen MR) is 109 cm³/mol. The standard InChI is InChI=1S/C20H19ClN2O4S/c21-15-8-13-10-26-12-27-18(13)14(9-15)11-28-20-22-17-5-2-1-4-16(17)19(25)23(20)6-3-7-24/h1-2,4-5,8-9,24H,3,6-7,10-12H2. The zero-order chi connectivity index (χ0) is 19.5. The molecule has 0 aliphatic carbocycles. The van der Waals surface area contributed by atoms with Gasteiger partial charge in [-0.05, 0) is 30.7 Å². The highest BCUT2D eigenvalue weighted by Crippen LogP contribution is 2.35. The van der Waals surface area contributed by atoms with Crippen LogP contribution in [0.5, 0.6) is 5.75 Å². The average molecular weight is 419 g/mol. The van der Waals surface area contributed by atoms with Crippen LogP contribution >= 0.6 is 23.4 Å². The highest BCUT2D eigenvalue weighted by molar-refractivity contribution is 7.98. The van der Waals surface area contributed by atoms with Gasteiger partial charge in [-0.2, -0.15) is 0 Å². The second-order valence-electron chi connectivity index (χ2n) is 6.40. The first-order valence-electron chi connectivity index (χ1n) is 8.92. The van der Waals surface area contributed by atoms with Crippen LogP contribution in [-0.2, 0) is 23.6 Å². The summed E-state index contributed by atoms with van der Waals surface area (Å²) in [6, 6.07) is 11.0. The fraction of sp³-hybridized carbons (Fsp3) is 0.300. The Hall–Kier alpha value is -2.06. The first-order chi connectivity index (χ1) is 13.7. The Kier molecular flexibility index (Phi) is 5.87. The van der Waals surface area contributed by atoms with Gasteiger partial charge in [-0.25, -0.2) is 4.98 Å². The summed E-state index contributed by atoms with van der Waals surface area (Å²) in [6.07, 6.45) is 0.487. The smallest absolute Gasteiger partial charge is 0.262 e. The highest BCUT2D eigenvalue weighted by Gasteiger charge is 2.18. The van der Waals surface area contributed by atoms with Crippen molar-refractivity contribution in [2.45, 2.75) is 30.5 Å². The summed E-state index contributed by atoms with van der Waals surface area (Å²) in [5.74, 6) is 1.33. The van der Waals surface area contributed by atoms with Crippen LogP contribution in [0.25, 0.3) is 10.9 Å². The molecule has 0 bridgehead atoms. The molecule has 8 heteroatoms. The largest absolute Gasteiger partial charge is 0.467 e. The normalized spacial score (nSPS) is 13.4. The number of hydrogen-bond donors (Lipinski definition) is 1. The Morgan fingerprint density at radius 3 is 3.00 bits per heavy atom. The predicted octanol–water partition coefficient (Wildman–Crippen LogP) is 3.59. The number of aliphatic hydroxyl groups excluding tert-OH is 1. The second-order valence-corrected chi connectivity index (χ2v) is 7.78. The lowest BCUT2D eigenvalue weighted by molar-refractivity contribution is -0.0168. The van der Waals surface area contributed by atoms with E-state index in [-0.39, 0.29) is 19.0 Å². The zero-order valence-electron chi connectivity index (χ0n) is 15.1. The van der Waals surface area contributed by atoms with Crippen molar-refractivity contribution in [1.82, 2.24) is 9.55 Å². The van der Waals surface area contributed by atoms with Crippen LogP contribution < -0.4 is 10.3 Å². The van der Waals surface area contributed by atoms with Gasteiger partial charge in [0.25, 0.3) is 5.56 Å². The van der Waals surface area contributed by atoms with E-state index >= 15 is 0 Å². The summed E-state index contributed by atoms with van der Waals surface area (Å²) in [6.45, 7) is 1.09. The van der Waals surface area contributed by atoms with Crippen molar-refractivity contribution in [2.24, 2.45) is 0 Å². The molecule has 6 nitrogen and oxygen atoms in total. The molecule has 0 fully saturated rings. The Bertz CT molecular complexity index is 1070. The van der Waals surface area contributed by atoms with Crippen LogP contribution in [-0.4, -0.2) is 28.1 Å². The summed E-state index contributed by atoms with van der Waals surface area (Å²) in [4.78, 5) is 17.6. The van der Waals surface area contributed by atoms with Crippen molar-refractivity contribution in [2.75, 3.05) is 13.4 Å². The molecule has 146 valence electrons. The maximum Gasteiger partial charge on any atom is 0.262 e. The summed E-state index contributed by atoms with van der Waals surface area (Å²) in [5.41, 5.74) is 2.41. The van der Waals surface area contributed by atoms with Crippen LogP contribution in [0.1, 0.15) is 17.5 Å². The van der Waals surface area contributed by atoms with Gasteiger partial charge in [-0.3, -0.25) is 9.36 Å². The Morgan fingerprint density at radius 1 is 1.29 bits per heavy atom. The van der Waals surface area contributed by atoms with Gasteiger partial charge in [0.15, 0.2) is 11.9 Å². The first kappa shape index (κ1) is 19.3. The molecule has 1 aliphatic rings. The molecule has 2 heterocycles. The molecule has 3 aromatic rings. The Morgan fingerprint density at radius 2 is 2.14 bits per heavy atom. The van der Waals surface area contributed by atoms with Crippen LogP contribution in [0.15, 0.2) is 46.3 Å². The van der Waals surface area contributed by atoms with Gasteiger partial charge in [-0.15, -0.1) is 0 Å². The quantitative estimate of drug-likeness (QED) is 0.487. The SMILES string of the molecule is O=c1c2ccccc2nc(SCc2cc(Cl)cc3c2OCOC3)n1CCCO. The third kappa shape index (κ3) is 3.89. The molecule has 0 spiro atoms. The number of fused-ring (bicyclic) bond motifs is 2. The number of halogens is 1. The van der Waals surface area contributed by atoms with E-state index in [2.05, 4.69) is 4.98 Å². The number of nitrogens with zero attached hydrogens (tertiary/aromatic N) is 2. The molecule has 1 aromatic heterocycles. The summed E-state index contributed by atoms with van der Waals surface area (Å²) in [7, 11) is 0. The fourth-order valence-corrected chi connectivity index (χ4v) is 4.45. The number of rotatable bonds is 6. The highest BCUT2D eigenvalue weighted by atomic mass is 35.5. The molecule has 0 saturated heterocycles. The fourth-order valence-electron chi connectivity index (χ4n) is 3.19. The van der Waals surface area contributed by atoms with Gasteiger partial charge in [-0.1, -0.05) is 35.5 Å². The Balaban J connectivity index is 1.70. The van der Waals surface area contributed by atoms with Crippen LogP contribution in [0.2, 0.25) is 5.02 Å². The van der Waals surface area contributed by atoms with E-state index in [1.165, 1.54) is 11.8 Å². The van der Waals surface area contributed by atoms with E-state index in [0.29, 0.717) is 46.4 Å². The first-order valence-corrected chi connectivity index (χ1v) is 10.3. The lowest BCUT2D eigenvalue weighted by Crippen LogP contribution is -2.24.